The van der Waals surface area contributed by atoms with Crippen molar-refractivity contribution in [2.45, 2.75) is 116 Å². The second kappa shape index (κ2) is 12.2. The van der Waals surface area contributed by atoms with E-state index in [-0.39, 0.29) is 5.92 Å². The molecule has 2 aliphatic carbocycles. The van der Waals surface area contributed by atoms with Crippen molar-refractivity contribution >= 4 is 0 Å². The molecule has 2 aliphatic rings. The average molecular weight is 423 g/mol. The lowest BCUT2D eigenvalue weighted by molar-refractivity contribution is 0.155. The third kappa shape index (κ3) is 6.76. The first-order valence-corrected chi connectivity index (χ1v) is 12.7. The molecule has 1 aromatic rings. The number of benzene rings is 1. The quantitative estimate of drug-likeness (QED) is 0.260. The van der Waals surface area contributed by atoms with Crippen LogP contribution in [0.1, 0.15) is 121 Å². The molecule has 2 saturated carbocycles. The zero-order chi connectivity index (χ0) is 21.3. The van der Waals surface area contributed by atoms with Gasteiger partial charge < -0.3 is 0 Å². The van der Waals surface area contributed by atoms with Gasteiger partial charge in [0.05, 0.1) is 0 Å². The lowest BCUT2D eigenvalue weighted by Gasteiger charge is -2.38. The molecule has 0 nitrogen and oxygen atoms in total. The molecule has 170 valence electrons. The van der Waals surface area contributed by atoms with Gasteiger partial charge in [-0.25, -0.2) is 13.2 Å². The summed E-state index contributed by atoms with van der Waals surface area (Å²) in [6.07, 6.45) is 21.0. The standard InChI is InChI=1S/C27H41F3/c1-2-3-4-5-6-7-8-9-20-10-12-21(13-11-20)22-14-16-23(17-15-22)24-18-25(28)27(30)26(29)19-24/h18-23H,2-17H2,1H3/t20-,21-,22?,23?. The van der Waals surface area contributed by atoms with Crippen LogP contribution in [0.4, 0.5) is 13.2 Å². The van der Waals surface area contributed by atoms with Gasteiger partial charge in [-0.1, -0.05) is 71.1 Å². The van der Waals surface area contributed by atoms with Gasteiger partial charge >= 0.3 is 0 Å². The molecule has 0 radical (unpaired) electrons. The Kier molecular flexibility index (Phi) is 9.59. The maximum Gasteiger partial charge on any atom is 0.194 e. The van der Waals surface area contributed by atoms with Crippen LogP contribution in [-0.2, 0) is 0 Å². The van der Waals surface area contributed by atoms with Gasteiger partial charge in [0.15, 0.2) is 17.5 Å². The van der Waals surface area contributed by atoms with Crippen molar-refractivity contribution in [3.05, 3.63) is 35.1 Å². The predicted molar refractivity (Wildman–Crippen MR) is 119 cm³/mol. The molecule has 2 fully saturated rings. The van der Waals surface area contributed by atoms with Crippen molar-refractivity contribution in [2.24, 2.45) is 17.8 Å². The molecule has 0 amide bonds. The Labute approximate surface area is 182 Å². The van der Waals surface area contributed by atoms with Crippen LogP contribution in [0.3, 0.4) is 0 Å². The van der Waals surface area contributed by atoms with E-state index in [2.05, 4.69) is 6.92 Å². The monoisotopic (exact) mass is 422 g/mol. The van der Waals surface area contributed by atoms with Gasteiger partial charge in [-0.3, -0.25) is 0 Å². The summed E-state index contributed by atoms with van der Waals surface area (Å²) in [5, 5.41) is 0. The van der Waals surface area contributed by atoms with Crippen LogP contribution in [0, 0.1) is 35.2 Å². The predicted octanol–water partition coefficient (Wildman–Crippen LogP) is 9.32. The third-order valence-electron chi connectivity index (χ3n) is 8.02. The van der Waals surface area contributed by atoms with Crippen LogP contribution in [-0.4, -0.2) is 0 Å². The van der Waals surface area contributed by atoms with E-state index in [9.17, 15) is 13.2 Å². The fourth-order valence-electron chi connectivity index (χ4n) is 6.07. The maximum atomic E-state index is 13.6. The van der Waals surface area contributed by atoms with E-state index < -0.39 is 17.5 Å². The largest absolute Gasteiger partial charge is 0.204 e. The fraction of sp³-hybridized carbons (Fsp3) is 0.778. The highest BCUT2D eigenvalue weighted by atomic mass is 19.2. The molecule has 0 spiro atoms. The number of hydrogen-bond acceptors (Lipinski definition) is 0. The first kappa shape index (κ1) is 23.7. The Morgan fingerprint density at radius 1 is 0.667 bits per heavy atom. The number of halogens is 3. The van der Waals surface area contributed by atoms with Crippen LogP contribution < -0.4 is 0 Å². The Hall–Kier alpha value is -0.990. The van der Waals surface area contributed by atoms with Gasteiger partial charge in [-0.2, -0.15) is 0 Å². The van der Waals surface area contributed by atoms with Gasteiger partial charge in [0, 0.05) is 0 Å². The molecule has 0 N–H and O–H groups in total. The summed E-state index contributed by atoms with van der Waals surface area (Å²) in [6.45, 7) is 2.27. The van der Waals surface area contributed by atoms with Gasteiger partial charge in [0.2, 0.25) is 0 Å². The Morgan fingerprint density at radius 2 is 1.17 bits per heavy atom. The molecular formula is C27H41F3. The van der Waals surface area contributed by atoms with E-state index in [1.165, 1.54) is 89.2 Å². The Bertz CT molecular complexity index is 602. The SMILES string of the molecule is CCCCCCCCC[C@H]1CC[C@H](C2CCC(c3cc(F)c(F)c(F)c3)CC2)CC1. The number of rotatable bonds is 10. The number of unbranched alkanes of at least 4 members (excludes halogenated alkanes) is 6. The van der Waals surface area contributed by atoms with E-state index in [4.69, 9.17) is 0 Å². The van der Waals surface area contributed by atoms with Gasteiger partial charge in [-0.05, 0) is 79.9 Å². The molecule has 0 saturated heterocycles. The summed E-state index contributed by atoms with van der Waals surface area (Å²) >= 11 is 0. The number of hydrogen-bond donors (Lipinski definition) is 0. The van der Waals surface area contributed by atoms with E-state index in [0.717, 1.165) is 43.4 Å². The van der Waals surface area contributed by atoms with Crippen LogP contribution in [0.25, 0.3) is 0 Å². The molecule has 30 heavy (non-hydrogen) atoms. The molecule has 0 bridgehead atoms. The molecule has 3 heteroatoms. The van der Waals surface area contributed by atoms with Crippen molar-refractivity contribution in [1.29, 1.82) is 0 Å². The summed E-state index contributed by atoms with van der Waals surface area (Å²) in [5.41, 5.74) is 0.642. The summed E-state index contributed by atoms with van der Waals surface area (Å²) in [4.78, 5) is 0. The van der Waals surface area contributed by atoms with E-state index in [1.807, 2.05) is 0 Å². The van der Waals surface area contributed by atoms with Gasteiger partial charge in [0.25, 0.3) is 0 Å². The second-order valence-corrected chi connectivity index (χ2v) is 10.1. The van der Waals surface area contributed by atoms with E-state index in [1.54, 1.807) is 0 Å². The molecule has 0 unspecified atom stereocenters. The first-order chi connectivity index (χ1) is 14.6. The molecule has 0 atom stereocenters. The van der Waals surface area contributed by atoms with Gasteiger partial charge in [-0.15, -0.1) is 0 Å². The van der Waals surface area contributed by atoms with Crippen molar-refractivity contribution in [3.8, 4) is 0 Å². The van der Waals surface area contributed by atoms with Gasteiger partial charge in [0.1, 0.15) is 0 Å². The summed E-state index contributed by atoms with van der Waals surface area (Å²) in [6, 6.07) is 2.41. The van der Waals surface area contributed by atoms with Crippen molar-refractivity contribution in [3.63, 3.8) is 0 Å². The Morgan fingerprint density at radius 3 is 1.73 bits per heavy atom. The lowest BCUT2D eigenvalue weighted by atomic mass is 9.68. The lowest BCUT2D eigenvalue weighted by Crippen LogP contribution is -2.25. The van der Waals surface area contributed by atoms with E-state index in [0.29, 0.717) is 5.56 Å². The van der Waals surface area contributed by atoms with Crippen molar-refractivity contribution in [1.82, 2.24) is 0 Å². The highest BCUT2D eigenvalue weighted by Crippen LogP contribution is 2.44. The summed E-state index contributed by atoms with van der Waals surface area (Å²) in [7, 11) is 0. The topological polar surface area (TPSA) is 0 Å². The van der Waals surface area contributed by atoms with Crippen LogP contribution in [0.5, 0.6) is 0 Å². The first-order valence-electron chi connectivity index (χ1n) is 12.7. The van der Waals surface area contributed by atoms with Crippen molar-refractivity contribution < 1.29 is 13.2 Å². The third-order valence-corrected chi connectivity index (χ3v) is 8.02. The molecule has 0 heterocycles. The average Bonchev–Trinajstić information content (AvgIpc) is 2.77. The minimum absolute atomic E-state index is 0.180. The maximum absolute atomic E-state index is 13.6. The molecule has 0 aromatic heterocycles. The minimum atomic E-state index is -1.35. The molecule has 0 aliphatic heterocycles. The van der Waals surface area contributed by atoms with Crippen LogP contribution in [0.15, 0.2) is 12.1 Å². The zero-order valence-electron chi connectivity index (χ0n) is 18.9. The summed E-state index contributed by atoms with van der Waals surface area (Å²) in [5.74, 6) is -0.703. The molecular weight excluding hydrogens is 381 g/mol. The highest BCUT2D eigenvalue weighted by Gasteiger charge is 2.31. The normalized spacial score (nSPS) is 27.3. The minimum Gasteiger partial charge on any atom is -0.204 e. The Balaban J connectivity index is 1.33. The van der Waals surface area contributed by atoms with Crippen LogP contribution >= 0.6 is 0 Å². The van der Waals surface area contributed by atoms with E-state index >= 15 is 0 Å². The smallest absolute Gasteiger partial charge is 0.194 e. The fourth-order valence-corrected chi connectivity index (χ4v) is 6.07. The second-order valence-electron chi connectivity index (χ2n) is 10.1. The zero-order valence-corrected chi connectivity index (χ0v) is 18.9. The summed E-state index contributed by atoms with van der Waals surface area (Å²) < 4.78 is 40.4. The van der Waals surface area contributed by atoms with Crippen LogP contribution in [0.2, 0.25) is 0 Å². The highest BCUT2D eigenvalue weighted by molar-refractivity contribution is 5.23. The molecule has 1 aromatic carbocycles. The molecule has 3 rings (SSSR count). The van der Waals surface area contributed by atoms with Crippen molar-refractivity contribution in [2.75, 3.05) is 0 Å².